The zero-order chi connectivity index (χ0) is 18.2. The SMILES string of the molecule is Cc1oc(C)c(C(=O)NCCS(=O)(=O)N2CCc3ccccc32)c1C. The quantitative estimate of drug-likeness (QED) is 0.885. The van der Waals surface area contributed by atoms with E-state index in [0.717, 1.165) is 16.8 Å². The Hall–Kier alpha value is -2.28. The van der Waals surface area contributed by atoms with Crippen LogP contribution in [0.25, 0.3) is 0 Å². The van der Waals surface area contributed by atoms with Gasteiger partial charge in [0, 0.05) is 18.7 Å². The number of anilines is 1. The van der Waals surface area contributed by atoms with Crippen LogP contribution >= 0.6 is 0 Å². The Balaban J connectivity index is 1.65. The van der Waals surface area contributed by atoms with E-state index in [1.807, 2.05) is 31.2 Å². The van der Waals surface area contributed by atoms with Gasteiger partial charge in [-0.15, -0.1) is 0 Å². The molecule has 0 aliphatic carbocycles. The van der Waals surface area contributed by atoms with Gasteiger partial charge in [0.1, 0.15) is 11.5 Å². The van der Waals surface area contributed by atoms with E-state index in [1.54, 1.807) is 13.8 Å². The van der Waals surface area contributed by atoms with Crippen molar-refractivity contribution < 1.29 is 17.6 Å². The van der Waals surface area contributed by atoms with Gasteiger partial charge in [0.15, 0.2) is 0 Å². The van der Waals surface area contributed by atoms with Crippen molar-refractivity contribution >= 4 is 21.6 Å². The fourth-order valence-electron chi connectivity index (χ4n) is 3.22. The molecule has 1 amide bonds. The van der Waals surface area contributed by atoms with Crippen LogP contribution in [0.5, 0.6) is 0 Å². The summed E-state index contributed by atoms with van der Waals surface area (Å²) in [6, 6.07) is 7.51. The lowest BCUT2D eigenvalue weighted by molar-refractivity contribution is 0.0954. The molecular formula is C18H22N2O4S. The van der Waals surface area contributed by atoms with Gasteiger partial charge >= 0.3 is 0 Å². The van der Waals surface area contributed by atoms with E-state index in [-0.39, 0.29) is 18.2 Å². The van der Waals surface area contributed by atoms with Crippen molar-refractivity contribution in [3.8, 4) is 0 Å². The highest BCUT2D eigenvalue weighted by Gasteiger charge is 2.29. The molecule has 7 heteroatoms. The molecule has 0 bridgehead atoms. The molecule has 134 valence electrons. The molecule has 2 heterocycles. The van der Waals surface area contributed by atoms with Crippen molar-refractivity contribution in [3.63, 3.8) is 0 Å². The number of nitrogens with one attached hydrogen (secondary N) is 1. The maximum Gasteiger partial charge on any atom is 0.255 e. The van der Waals surface area contributed by atoms with Crippen LogP contribution in [0.3, 0.4) is 0 Å². The van der Waals surface area contributed by atoms with Gasteiger partial charge in [-0.2, -0.15) is 0 Å². The topological polar surface area (TPSA) is 79.6 Å². The summed E-state index contributed by atoms with van der Waals surface area (Å²) >= 11 is 0. The summed E-state index contributed by atoms with van der Waals surface area (Å²) in [4.78, 5) is 12.3. The van der Waals surface area contributed by atoms with Crippen LogP contribution in [0.4, 0.5) is 5.69 Å². The first-order valence-electron chi connectivity index (χ1n) is 8.24. The lowest BCUT2D eigenvalue weighted by Gasteiger charge is -2.19. The molecule has 0 unspecified atom stereocenters. The number of nitrogens with zero attached hydrogens (tertiary/aromatic N) is 1. The van der Waals surface area contributed by atoms with Crippen LogP contribution in [0.15, 0.2) is 28.7 Å². The minimum Gasteiger partial charge on any atom is -0.466 e. The molecule has 2 aromatic rings. The van der Waals surface area contributed by atoms with E-state index in [0.29, 0.717) is 30.0 Å². The van der Waals surface area contributed by atoms with E-state index in [9.17, 15) is 13.2 Å². The maximum absolute atomic E-state index is 12.6. The second-order valence-electron chi connectivity index (χ2n) is 6.24. The van der Waals surface area contributed by atoms with Crippen molar-refractivity contribution in [3.05, 3.63) is 52.5 Å². The van der Waals surface area contributed by atoms with E-state index < -0.39 is 10.0 Å². The molecule has 0 spiro atoms. The number of hydrogen-bond acceptors (Lipinski definition) is 4. The number of amides is 1. The highest BCUT2D eigenvalue weighted by Crippen LogP contribution is 2.29. The van der Waals surface area contributed by atoms with Crippen molar-refractivity contribution in [2.75, 3.05) is 23.1 Å². The Morgan fingerprint density at radius 2 is 1.92 bits per heavy atom. The first-order chi connectivity index (χ1) is 11.8. The fraction of sp³-hybridized carbons (Fsp3) is 0.389. The number of aryl methyl sites for hydroxylation is 2. The second-order valence-corrected chi connectivity index (χ2v) is 8.25. The Labute approximate surface area is 147 Å². The normalized spacial score (nSPS) is 13.8. The van der Waals surface area contributed by atoms with Crippen LogP contribution in [0.1, 0.15) is 33.0 Å². The number of carbonyl (C=O) groups excluding carboxylic acids is 1. The number of carbonyl (C=O) groups is 1. The molecule has 0 atom stereocenters. The van der Waals surface area contributed by atoms with Crippen molar-refractivity contribution in [2.45, 2.75) is 27.2 Å². The average Bonchev–Trinajstić information content (AvgIpc) is 3.09. The standard InChI is InChI=1S/C18H22N2O4S/c1-12-13(2)24-14(3)17(12)18(21)19-9-11-25(22,23)20-10-8-15-6-4-5-7-16(15)20/h4-7H,8-11H2,1-3H3,(H,19,21). The third kappa shape index (κ3) is 3.28. The highest BCUT2D eigenvalue weighted by molar-refractivity contribution is 7.92. The Kier molecular flexibility index (Phi) is 4.60. The number of benzene rings is 1. The molecule has 0 saturated heterocycles. The molecule has 6 nitrogen and oxygen atoms in total. The van der Waals surface area contributed by atoms with Gasteiger partial charge in [0.05, 0.1) is 17.0 Å². The zero-order valence-corrected chi connectivity index (χ0v) is 15.4. The van der Waals surface area contributed by atoms with E-state index in [4.69, 9.17) is 4.42 Å². The summed E-state index contributed by atoms with van der Waals surface area (Å²) in [7, 11) is -3.47. The van der Waals surface area contributed by atoms with E-state index in [2.05, 4.69) is 5.32 Å². The molecule has 25 heavy (non-hydrogen) atoms. The van der Waals surface area contributed by atoms with Crippen molar-refractivity contribution in [1.29, 1.82) is 0 Å². The highest BCUT2D eigenvalue weighted by atomic mass is 32.2. The summed E-state index contributed by atoms with van der Waals surface area (Å²) < 4.78 is 32.1. The monoisotopic (exact) mass is 362 g/mol. The number of hydrogen-bond donors (Lipinski definition) is 1. The van der Waals surface area contributed by atoms with Crippen LogP contribution < -0.4 is 9.62 Å². The third-order valence-corrected chi connectivity index (χ3v) is 6.39. The Bertz CT molecular complexity index is 915. The van der Waals surface area contributed by atoms with Gasteiger partial charge in [-0.25, -0.2) is 8.42 Å². The van der Waals surface area contributed by atoms with Crippen molar-refractivity contribution in [1.82, 2.24) is 5.32 Å². The number of rotatable bonds is 5. The van der Waals surface area contributed by atoms with Gasteiger partial charge in [0.25, 0.3) is 5.91 Å². The van der Waals surface area contributed by atoms with E-state index in [1.165, 1.54) is 4.31 Å². The predicted molar refractivity (Wildman–Crippen MR) is 96.5 cm³/mol. The molecule has 1 aromatic heterocycles. The smallest absolute Gasteiger partial charge is 0.255 e. The molecule has 1 aliphatic heterocycles. The zero-order valence-electron chi connectivity index (χ0n) is 14.6. The van der Waals surface area contributed by atoms with Gasteiger partial charge in [-0.05, 0) is 38.8 Å². The molecule has 0 saturated carbocycles. The Morgan fingerprint density at radius 1 is 1.20 bits per heavy atom. The fourth-order valence-corrected chi connectivity index (χ4v) is 4.64. The summed E-state index contributed by atoms with van der Waals surface area (Å²) in [5.41, 5.74) is 3.05. The lowest BCUT2D eigenvalue weighted by atomic mass is 10.1. The first kappa shape index (κ1) is 17.5. The largest absolute Gasteiger partial charge is 0.466 e. The van der Waals surface area contributed by atoms with Crippen molar-refractivity contribution in [2.24, 2.45) is 0 Å². The molecule has 1 N–H and O–H groups in total. The minimum atomic E-state index is -3.47. The molecule has 0 fully saturated rings. The van der Waals surface area contributed by atoms with Gasteiger partial charge in [-0.1, -0.05) is 18.2 Å². The summed E-state index contributed by atoms with van der Waals surface area (Å²) in [5.74, 6) is 0.804. The first-order valence-corrected chi connectivity index (χ1v) is 9.85. The number of sulfonamides is 1. The number of furan rings is 1. The number of para-hydroxylation sites is 1. The molecule has 3 rings (SSSR count). The lowest BCUT2D eigenvalue weighted by Crippen LogP contribution is -2.37. The van der Waals surface area contributed by atoms with Crippen LogP contribution in [-0.2, 0) is 16.4 Å². The molecule has 0 radical (unpaired) electrons. The van der Waals surface area contributed by atoms with Gasteiger partial charge < -0.3 is 9.73 Å². The second kappa shape index (κ2) is 6.55. The van der Waals surface area contributed by atoms with E-state index >= 15 is 0 Å². The Morgan fingerprint density at radius 3 is 2.60 bits per heavy atom. The summed E-state index contributed by atoms with van der Waals surface area (Å²) in [6.07, 6.45) is 0.717. The number of fused-ring (bicyclic) bond motifs is 1. The minimum absolute atomic E-state index is 0.0585. The maximum atomic E-state index is 12.6. The van der Waals surface area contributed by atoms with Gasteiger partial charge in [-0.3, -0.25) is 9.10 Å². The molecular weight excluding hydrogens is 340 g/mol. The molecule has 1 aliphatic rings. The van der Waals surface area contributed by atoms with Crippen LogP contribution in [-0.4, -0.2) is 33.2 Å². The summed E-state index contributed by atoms with van der Waals surface area (Å²) in [5, 5.41) is 2.69. The molecule has 1 aromatic carbocycles. The average molecular weight is 362 g/mol. The van der Waals surface area contributed by atoms with Gasteiger partial charge in [0.2, 0.25) is 10.0 Å². The van der Waals surface area contributed by atoms with Crippen LogP contribution in [0.2, 0.25) is 0 Å². The van der Waals surface area contributed by atoms with Crippen LogP contribution in [0, 0.1) is 20.8 Å². The predicted octanol–water partition coefficient (Wildman–Crippen LogP) is 2.33. The summed E-state index contributed by atoms with van der Waals surface area (Å²) in [6.45, 7) is 5.86. The third-order valence-electron chi connectivity index (χ3n) is 4.61.